The van der Waals surface area contributed by atoms with Crippen LogP contribution in [0.1, 0.15) is 55.7 Å². The number of aryl methyl sites for hydroxylation is 2. The molecule has 4 rings (SSSR count). The van der Waals surface area contributed by atoms with E-state index in [4.69, 9.17) is 16.3 Å². The van der Waals surface area contributed by atoms with Crippen LogP contribution < -0.4 is 14.4 Å². The molecule has 1 atom stereocenters. The van der Waals surface area contributed by atoms with Crippen molar-refractivity contribution in [3.8, 4) is 5.75 Å². The highest BCUT2D eigenvalue weighted by Crippen LogP contribution is 2.34. The zero-order valence-electron chi connectivity index (χ0n) is 25.2. The van der Waals surface area contributed by atoms with Crippen LogP contribution in [0.3, 0.4) is 0 Å². The Morgan fingerprint density at radius 2 is 1.63 bits per heavy atom. The second-order valence-corrected chi connectivity index (χ2v) is 13.4. The summed E-state index contributed by atoms with van der Waals surface area (Å²) in [6.45, 7) is 4.85. The first-order valence-corrected chi connectivity index (χ1v) is 16.4. The maximum atomic E-state index is 14.3. The molecule has 10 heteroatoms. The van der Waals surface area contributed by atoms with Gasteiger partial charge in [-0.1, -0.05) is 72.8 Å². The lowest BCUT2D eigenvalue weighted by Crippen LogP contribution is -2.53. The molecule has 0 heterocycles. The maximum absolute atomic E-state index is 14.3. The van der Waals surface area contributed by atoms with E-state index in [9.17, 15) is 18.0 Å². The molecule has 0 radical (unpaired) electrons. The van der Waals surface area contributed by atoms with Gasteiger partial charge in [-0.2, -0.15) is 0 Å². The third-order valence-electron chi connectivity index (χ3n) is 7.91. The normalized spacial score (nSPS) is 14.5. The van der Waals surface area contributed by atoms with E-state index in [0.29, 0.717) is 16.3 Å². The van der Waals surface area contributed by atoms with Crippen LogP contribution in [0.5, 0.6) is 5.75 Å². The summed E-state index contributed by atoms with van der Waals surface area (Å²) in [5.41, 5.74) is 2.57. The number of carbonyl (C=O) groups excluding carboxylic acids is 2. The number of halogens is 1. The number of methoxy groups -OCH3 is 1. The first-order chi connectivity index (χ1) is 20.5. The number of sulfonamides is 1. The van der Waals surface area contributed by atoms with Crippen molar-refractivity contribution in [2.45, 2.75) is 76.4 Å². The van der Waals surface area contributed by atoms with Crippen molar-refractivity contribution in [2.75, 3.05) is 18.0 Å². The van der Waals surface area contributed by atoms with Gasteiger partial charge >= 0.3 is 0 Å². The van der Waals surface area contributed by atoms with Gasteiger partial charge in [0.25, 0.3) is 10.0 Å². The average molecular weight is 626 g/mol. The molecule has 3 aromatic carbocycles. The molecule has 230 valence electrons. The van der Waals surface area contributed by atoms with E-state index in [1.54, 1.807) is 49.4 Å². The van der Waals surface area contributed by atoms with E-state index in [-0.39, 0.29) is 29.1 Å². The molecule has 0 spiro atoms. The number of amides is 2. The van der Waals surface area contributed by atoms with Gasteiger partial charge in [0.2, 0.25) is 11.8 Å². The molecule has 1 saturated carbocycles. The lowest BCUT2D eigenvalue weighted by Gasteiger charge is -2.33. The quantitative estimate of drug-likeness (QED) is 0.281. The SMILES string of the molecule is COc1ccc(C)cc1N(CC(=O)N(Cc1ccccc1Cl)[C@H](C)C(=O)NC1CCCCC1)S(=O)(=O)c1ccc(C)cc1. The summed E-state index contributed by atoms with van der Waals surface area (Å²) in [4.78, 5) is 29.2. The summed E-state index contributed by atoms with van der Waals surface area (Å²) in [7, 11) is -2.77. The first kappa shape index (κ1) is 32.4. The number of nitrogens with one attached hydrogen (secondary N) is 1. The number of benzene rings is 3. The Labute approximate surface area is 260 Å². The summed E-state index contributed by atoms with van der Waals surface area (Å²) in [5.74, 6) is -0.534. The molecule has 3 aromatic rings. The van der Waals surface area contributed by atoms with Gasteiger partial charge in [0.1, 0.15) is 18.3 Å². The minimum absolute atomic E-state index is 0.0289. The molecule has 1 aliphatic carbocycles. The fourth-order valence-corrected chi connectivity index (χ4v) is 6.92. The van der Waals surface area contributed by atoms with Crippen LogP contribution in [-0.2, 0) is 26.2 Å². The van der Waals surface area contributed by atoms with Crippen LogP contribution in [0.15, 0.2) is 71.6 Å². The Morgan fingerprint density at radius 3 is 2.28 bits per heavy atom. The molecule has 2 amide bonds. The van der Waals surface area contributed by atoms with Gasteiger partial charge in [0.05, 0.1) is 17.7 Å². The zero-order valence-corrected chi connectivity index (χ0v) is 26.7. The largest absolute Gasteiger partial charge is 0.495 e. The molecular formula is C33H40ClN3O5S. The van der Waals surface area contributed by atoms with Gasteiger partial charge in [-0.3, -0.25) is 13.9 Å². The summed E-state index contributed by atoms with van der Waals surface area (Å²) in [6.07, 6.45) is 5.03. The molecular weight excluding hydrogens is 586 g/mol. The number of hydrogen-bond donors (Lipinski definition) is 1. The Hall–Kier alpha value is -3.56. The maximum Gasteiger partial charge on any atom is 0.264 e. The van der Waals surface area contributed by atoms with Crippen LogP contribution in [0.4, 0.5) is 5.69 Å². The van der Waals surface area contributed by atoms with E-state index in [0.717, 1.165) is 47.5 Å². The molecule has 43 heavy (non-hydrogen) atoms. The fourth-order valence-electron chi connectivity index (χ4n) is 5.31. The van der Waals surface area contributed by atoms with E-state index >= 15 is 0 Å². The highest BCUT2D eigenvalue weighted by atomic mass is 35.5. The molecule has 0 aromatic heterocycles. The van der Waals surface area contributed by atoms with E-state index in [1.807, 2.05) is 26.0 Å². The zero-order chi connectivity index (χ0) is 31.1. The Balaban J connectivity index is 1.74. The van der Waals surface area contributed by atoms with Crippen molar-refractivity contribution < 1.29 is 22.7 Å². The average Bonchev–Trinajstić information content (AvgIpc) is 2.99. The number of anilines is 1. The summed E-state index contributed by atoms with van der Waals surface area (Å²) in [5, 5.41) is 3.56. The molecule has 0 bridgehead atoms. The van der Waals surface area contributed by atoms with Gasteiger partial charge in [-0.25, -0.2) is 8.42 Å². The second-order valence-electron chi connectivity index (χ2n) is 11.1. The Kier molecular flexibility index (Phi) is 10.7. The molecule has 1 fully saturated rings. The molecule has 1 aliphatic rings. The number of ether oxygens (including phenoxy) is 1. The third-order valence-corrected chi connectivity index (χ3v) is 10.1. The van der Waals surface area contributed by atoms with Crippen LogP contribution in [-0.4, -0.2) is 50.9 Å². The van der Waals surface area contributed by atoms with Gasteiger partial charge < -0.3 is 15.0 Å². The lowest BCUT2D eigenvalue weighted by atomic mass is 9.95. The highest BCUT2D eigenvalue weighted by Gasteiger charge is 2.34. The number of carbonyl (C=O) groups is 2. The molecule has 8 nitrogen and oxygen atoms in total. The Bertz CT molecular complexity index is 1540. The molecule has 0 unspecified atom stereocenters. The summed E-state index contributed by atoms with van der Waals surface area (Å²) >= 11 is 6.48. The summed E-state index contributed by atoms with van der Waals surface area (Å²) < 4.78 is 34.9. The first-order valence-electron chi connectivity index (χ1n) is 14.6. The Morgan fingerprint density at radius 1 is 0.977 bits per heavy atom. The van der Waals surface area contributed by atoms with E-state index in [2.05, 4.69) is 5.32 Å². The van der Waals surface area contributed by atoms with Crippen molar-refractivity contribution in [2.24, 2.45) is 0 Å². The van der Waals surface area contributed by atoms with Crippen LogP contribution >= 0.6 is 11.6 Å². The van der Waals surface area contributed by atoms with Crippen molar-refractivity contribution >= 4 is 39.1 Å². The molecule has 0 saturated heterocycles. The fraction of sp³-hybridized carbons (Fsp3) is 0.394. The van der Waals surface area contributed by atoms with Crippen molar-refractivity contribution in [1.29, 1.82) is 0 Å². The lowest BCUT2D eigenvalue weighted by molar-refractivity contribution is -0.139. The number of hydrogen-bond acceptors (Lipinski definition) is 5. The number of nitrogens with zero attached hydrogens (tertiary/aromatic N) is 2. The van der Waals surface area contributed by atoms with Crippen molar-refractivity contribution in [3.05, 3.63) is 88.4 Å². The van der Waals surface area contributed by atoms with E-state index < -0.39 is 28.5 Å². The van der Waals surface area contributed by atoms with Gasteiger partial charge in [0, 0.05) is 17.6 Å². The predicted molar refractivity (Wildman–Crippen MR) is 170 cm³/mol. The number of rotatable bonds is 11. The minimum atomic E-state index is -4.22. The van der Waals surface area contributed by atoms with Gasteiger partial charge in [-0.05, 0) is 75.1 Å². The van der Waals surface area contributed by atoms with Crippen molar-refractivity contribution in [3.63, 3.8) is 0 Å². The van der Waals surface area contributed by atoms with Gasteiger partial charge in [-0.15, -0.1) is 0 Å². The second kappa shape index (κ2) is 14.3. The third kappa shape index (κ3) is 7.89. The standard InChI is InChI=1S/C33H40ClN3O5S/c1-23-14-17-28(18-15-23)43(40,41)37(30-20-24(2)16-19-31(30)42-4)22-32(38)36(21-26-10-8-9-13-29(26)34)25(3)33(39)35-27-11-6-5-7-12-27/h8-10,13-20,25,27H,5-7,11-12,21-22H2,1-4H3,(H,35,39)/t25-/m1/s1. The topological polar surface area (TPSA) is 96.0 Å². The molecule has 1 N–H and O–H groups in total. The van der Waals surface area contributed by atoms with Crippen molar-refractivity contribution in [1.82, 2.24) is 10.2 Å². The van der Waals surface area contributed by atoms with Crippen LogP contribution in [0.25, 0.3) is 0 Å². The highest BCUT2D eigenvalue weighted by molar-refractivity contribution is 7.92. The van der Waals surface area contributed by atoms with Gasteiger partial charge in [0.15, 0.2) is 0 Å². The summed E-state index contributed by atoms with van der Waals surface area (Å²) in [6, 6.07) is 17.9. The minimum Gasteiger partial charge on any atom is -0.495 e. The molecule has 0 aliphatic heterocycles. The predicted octanol–water partition coefficient (Wildman–Crippen LogP) is 6.03. The smallest absolute Gasteiger partial charge is 0.264 e. The van der Waals surface area contributed by atoms with Crippen LogP contribution in [0, 0.1) is 13.8 Å². The monoisotopic (exact) mass is 625 g/mol. The van der Waals surface area contributed by atoms with Crippen LogP contribution in [0.2, 0.25) is 5.02 Å². The van der Waals surface area contributed by atoms with E-state index in [1.165, 1.54) is 24.1 Å².